The van der Waals surface area contributed by atoms with Gasteiger partial charge in [0.1, 0.15) is 10.7 Å². The summed E-state index contributed by atoms with van der Waals surface area (Å²) in [7, 11) is 4.20. The van der Waals surface area contributed by atoms with Crippen LogP contribution >= 0.6 is 23.5 Å². The van der Waals surface area contributed by atoms with Crippen LogP contribution in [0.15, 0.2) is 146 Å². The van der Waals surface area contributed by atoms with Crippen LogP contribution in [-0.2, 0) is 0 Å². The van der Waals surface area contributed by atoms with Gasteiger partial charge in [0.15, 0.2) is 0 Å². The lowest BCUT2D eigenvalue weighted by atomic mass is 9.97. The van der Waals surface area contributed by atoms with Crippen molar-refractivity contribution < 1.29 is 0 Å². The molecule has 2 nitrogen and oxygen atoms in total. The minimum atomic E-state index is 0.0849. The molecular weight excluding hydrogens is 549 g/mol. The quantitative estimate of drug-likeness (QED) is 0.197. The van der Waals surface area contributed by atoms with Crippen molar-refractivity contribution in [2.45, 2.75) is 10.7 Å². The zero-order valence-corrected chi connectivity index (χ0v) is 25.4. The zero-order valence-electron chi connectivity index (χ0n) is 23.7. The van der Waals surface area contributed by atoms with Gasteiger partial charge >= 0.3 is 0 Å². The average Bonchev–Trinajstić information content (AvgIpc) is 3.05. The second-order valence-electron chi connectivity index (χ2n) is 10.7. The molecule has 42 heavy (non-hydrogen) atoms. The first-order valence-electron chi connectivity index (χ1n) is 14.3. The Morgan fingerprint density at radius 2 is 0.810 bits per heavy atom. The Balaban J connectivity index is 1.51. The summed E-state index contributed by atoms with van der Waals surface area (Å²) >= 11 is 3.96. The van der Waals surface area contributed by atoms with Gasteiger partial charge in [0, 0.05) is 46.4 Å². The first-order chi connectivity index (χ1) is 20.7. The van der Waals surface area contributed by atoms with Crippen LogP contribution in [0.1, 0.15) is 22.3 Å². The highest BCUT2D eigenvalue weighted by molar-refractivity contribution is 8.12. The van der Waals surface area contributed by atoms with E-state index in [1.165, 1.54) is 54.6 Å². The van der Waals surface area contributed by atoms with E-state index in [-0.39, 0.29) is 10.7 Å². The number of anilines is 2. The second-order valence-corrected chi connectivity index (χ2v) is 12.9. The Bertz CT molecular complexity index is 1620. The SMILES string of the molecule is CN(C)c1ccc(N2C3SC(c4ccccc4)=C(c4ccccc4)C2SC(c2ccccc2)=C3c2ccccc2)cc1. The monoisotopic (exact) mass is 580 g/mol. The van der Waals surface area contributed by atoms with Gasteiger partial charge in [0.25, 0.3) is 0 Å². The predicted octanol–water partition coefficient (Wildman–Crippen LogP) is 9.84. The summed E-state index contributed by atoms with van der Waals surface area (Å²) in [5.74, 6) is 0. The van der Waals surface area contributed by atoms with Crippen LogP contribution in [0.25, 0.3) is 21.0 Å². The number of nitrogens with zero attached hydrogens (tertiary/aromatic N) is 2. The lowest BCUT2D eigenvalue weighted by Gasteiger charge is -2.50. The van der Waals surface area contributed by atoms with E-state index in [0.29, 0.717) is 0 Å². The van der Waals surface area contributed by atoms with Crippen molar-refractivity contribution in [3.63, 3.8) is 0 Å². The van der Waals surface area contributed by atoms with E-state index in [0.717, 1.165) is 0 Å². The highest BCUT2D eigenvalue weighted by Crippen LogP contribution is 2.61. The molecule has 0 N–H and O–H groups in total. The molecule has 2 bridgehead atoms. The molecule has 2 aliphatic rings. The van der Waals surface area contributed by atoms with Crippen molar-refractivity contribution in [2.24, 2.45) is 0 Å². The van der Waals surface area contributed by atoms with Gasteiger partial charge in [-0.1, -0.05) is 145 Å². The number of rotatable bonds is 6. The molecule has 4 heteroatoms. The van der Waals surface area contributed by atoms with E-state index in [9.17, 15) is 0 Å². The summed E-state index contributed by atoms with van der Waals surface area (Å²) < 4.78 is 0. The third kappa shape index (κ3) is 4.95. The summed E-state index contributed by atoms with van der Waals surface area (Å²) in [4.78, 5) is 7.52. The Kier molecular flexibility index (Phi) is 7.41. The summed E-state index contributed by atoms with van der Waals surface area (Å²) in [6.07, 6.45) is 0. The van der Waals surface area contributed by atoms with Crippen LogP contribution in [-0.4, -0.2) is 24.8 Å². The molecule has 0 aromatic heterocycles. The molecule has 5 aromatic rings. The van der Waals surface area contributed by atoms with Gasteiger partial charge in [0.05, 0.1) is 0 Å². The number of thioether (sulfide) groups is 2. The van der Waals surface area contributed by atoms with E-state index < -0.39 is 0 Å². The maximum atomic E-state index is 2.65. The lowest BCUT2D eigenvalue weighted by Crippen LogP contribution is -2.47. The molecule has 2 atom stereocenters. The first kappa shape index (κ1) is 26.8. The first-order valence-corrected chi connectivity index (χ1v) is 16.0. The summed E-state index contributed by atoms with van der Waals surface area (Å²) in [5, 5.41) is 0.170. The molecule has 0 fully saturated rings. The topological polar surface area (TPSA) is 6.48 Å². The van der Waals surface area contributed by atoms with Crippen LogP contribution in [0.4, 0.5) is 11.4 Å². The number of hydrogen-bond acceptors (Lipinski definition) is 4. The van der Waals surface area contributed by atoms with Crippen LogP contribution < -0.4 is 9.80 Å². The molecule has 0 amide bonds. The normalized spacial score (nSPS) is 18.3. The predicted molar refractivity (Wildman–Crippen MR) is 185 cm³/mol. The van der Waals surface area contributed by atoms with E-state index in [1.54, 1.807) is 0 Å². The van der Waals surface area contributed by atoms with Gasteiger partial charge in [-0.15, -0.1) is 0 Å². The van der Waals surface area contributed by atoms with Gasteiger partial charge in [-0.05, 0) is 46.5 Å². The second kappa shape index (κ2) is 11.6. The average molecular weight is 581 g/mol. The van der Waals surface area contributed by atoms with Crippen molar-refractivity contribution in [3.05, 3.63) is 168 Å². The van der Waals surface area contributed by atoms with E-state index in [2.05, 4.69) is 169 Å². The third-order valence-corrected chi connectivity index (χ3v) is 10.6. The maximum Gasteiger partial charge on any atom is 0.108 e. The van der Waals surface area contributed by atoms with Crippen molar-refractivity contribution in [1.29, 1.82) is 0 Å². The van der Waals surface area contributed by atoms with Gasteiger partial charge < -0.3 is 9.80 Å². The van der Waals surface area contributed by atoms with Gasteiger partial charge in [0.2, 0.25) is 0 Å². The molecule has 0 aliphatic carbocycles. The van der Waals surface area contributed by atoms with Gasteiger partial charge in [-0.25, -0.2) is 0 Å². The van der Waals surface area contributed by atoms with Crippen LogP contribution in [0, 0.1) is 0 Å². The highest BCUT2D eigenvalue weighted by Gasteiger charge is 2.45. The zero-order chi connectivity index (χ0) is 28.5. The fourth-order valence-corrected chi connectivity index (χ4v) is 9.20. The Hall–Kier alpha value is -4.12. The smallest absolute Gasteiger partial charge is 0.108 e. The molecule has 0 saturated heterocycles. The van der Waals surface area contributed by atoms with Crippen molar-refractivity contribution >= 4 is 55.9 Å². The van der Waals surface area contributed by atoms with E-state index in [1.807, 2.05) is 23.5 Å². The number of fused-ring (bicyclic) bond motifs is 2. The molecule has 206 valence electrons. The lowest BCUT2D eigenvalue weighted by molar-refractivity contribution is 0.885. The van der Waals surface area contributed by atoms with Gasteiger partial charge in [-0.2, -0.15) is 0 Å². The van der Waals surface area contributed by atoms with E-state index in [4.69, 9.17) is 0 Å². The molecule has 2 unspecified atom stereocenters. The fourth-order valence-electron chi connectivity index (χ4n) is 5.81. The van der Waals surface area contributed by atoms with Gasteiger partial charge in [-0.3, -0.25) is 0 Å². The molecule has 0 saturated carbocycles. The molecule has 2 heterocycles. The standard InChI is InChI=1S/C38H32N2S2/c1-39(2)31-23-25-32(26-24-31)40-37-33(27-15-7-3-8-16-27)35(29-19-11-5-12-20-29)41-38(40)34(28-17-9-4-10-18-28)36(42-37)30-21-13-6-14-22-30/h3-26,37-38H,1-2H3. The molecule has 7 rings (SSSR count). The maximum absolute atomic E-state index is 2.65. The number of benzene rings is 5. The molecule has 0 spiro atoms. The molecule has 2 aliphatic heterocycles. The number of hydrogen-bond donors (Lipinski definition) is 0. The molecule has 5 aromatic carbocycles. The van der Waals surface area contributed by atoms with Crippen LogP contribution in [0.3, 0.4) is 0 Å². The van der Waals surface area contributed by atoms with Crippen LogP contribution in [0.5, 0.6) is 0 Å². The van der Waals surface area contributed by atoms with Crippen LogP contribution in [0.2, 0.25) is 0 Å². The summed E-state index contributed by atoms with van der Waals surface area (Å²) in [6, 6.07) is 52.9. The summed E-state index contributed by atoms with van der Waals surface area (Å²) in [6.45, 7) is 0. The Labute approximate surface area is 257 Å². The Morgan fingerprint density at radius 1 is 0.452 bits per heavy atom. The minimum absolute atomic E-state index is 0.0849. The largest absolute Gasteiger partial charge is 0.378 e. The Morgan fingerprint density at radius 3 is 1.17 bits per heavy atom. The van der Waals surface area contributed by atoms with Crippen molar-refractivity contribution in [3.8, 4) is 0 Å². The molecular formula is C38H32N2S2. The van der Waals surface area contributed by atoms with Crippen molar-refractivity contribution in [1.82, 2.24) is 0 Å². The third-order valence-electron chi connectivity index (χ3n) is 7.85. The molecule has 0 radical (unpaired) electrons. The van der Waals surface area contributed by atoms with Crippen molar-refractivity contribution in [2.75, 3.05) is 23.9 Å². The van der Waals surface area contributed by atoms with E-state index >= 15 is 0 Å². The minimum Gasteiger partial charge on any atom is -0.378 e. The fraction of sp³-hybridized carbons (Fsp3) is 0.105. The highest BCUT2D eigenvalue weighted by atomic mass is 32.2. The summed E-state index contributed by atoms with van der Waals surface area (Å²) in [5.41, 5.74) is 10.3.